The van der Waals surface area contributed by atoms with Gasteiger partial charge in [-0.3, -0.25) is 4.90 Å². The van der Waals surface area contributed by atoms with Gasteiger partial charge in [0.15, 0.2) is 5.82 Å². The van der Waals surface area contributed by atoms with Crippen molar-refractivity contribution in [2.75, 3.05) is 31.1 Å². The van der Waals surface area contributed by atoms with Crippen LogP contribution in [0.1, 0.15) is 11.3 Å². The standard InChI is InChI=1S/C25H25FN6.ClH/c1-19-21(17-29-32(19)24-6-2-3-11-27-24)18-30-13-15-31(16-14-30)25-23(5-4-12-28-25)20-7-9-22(26)10-8-20;/h2-12,17H,13-16,18H2,1H3;1H. The zero-order valence-corrected chi connectivity index (χ0v) is 19.2. The molecular formula is C25H26ClFN6. The van der Waals surface area contributed by atoms with Crippen LogP contribution in [0.4, 0.5) is 10.2 Å². The Kier molecular flexibility index (Phi) is 7.01. The van der Waals surface area contributed by atoms with Crippen LogP contribution >= 0.6 is 12.4 Å². The molecule has 0 unspecified atom stereocenters. The molecule has 0 saturated carbocycles. The first-order valence-electron chi connectivity index (χ1n) is 10.8. The monoisotopic (exact) mass is 464 g/mol. The molecule has 0 aliphatic carbocycles. The first-order valence-corrected chi connectivity index (χ1v) is 10.8. The molecule has 0 amide bonds. The van der Waals surface area contributed by atoms with Gasteiger partial charge in [0.1, 0.15) is 11.6 Å². The maximum Gasteiger partial charge on any atom is 0.153 e. The molecule has 0 spiro atoms. The molecule has 0 N–H and O–H groups in total. The van der Waals surface area contributed by atoms with E-state index in [4.69, 9.17) is 0 Å². The van der Waals surface area contributed by atoms with Gasteiger partial charge in [-0.1, -0.05) is 18.2 Å². The van der Waals surface area contributed by atoms with Crippen molar-refractivity contribution in [3.05, 3.63) is 90.3 Å². The van der Waals surface area contributed by atoms with Crippen LogP contribution < -0.4 is 4.90 Å². The number of benzene rings is 1. The fourth-order valence-electron chi connectivity index (χ4n) is 4.17. The predicted octanol–water partition coefficient (Wildman–Crippen LogP) is 4.52. The lowest BCUT2D eigenvalue weighted by atomic mass is 10.1. The number of piperazine rings is 1. The SMILES string of the molecule is Cc1c(CN2CCN(c3ncccc3-c3ccc(F)cc3)CC2)cnn1-c1ccccn1.Cl. The Morgan fingerprint density at radius 1 is 0.879 bits per heavy atom. The summed E-state index contributed by atoms with van der Waals surface area (Å²) in [6.45, 7) is 6.61. The van der Waals surface area contributed by atoms with Crippen LogP contribution in [-0.2, 0) is 6.54 Å². The second kappa shape index (κ2) is 10.1. The van der Waals surface area contributed by atoms with E-state index < -0.39 is 0 Å². The number of anilines is 1. The molecule has 6 nitrogen and oxygen atoms in total. The summed E-state index contributed by atoms with van der Waals surface area (Å²) in [5, 5.41) is 4.55. The Labute approximate surface area is 199 Å². The highest BCUT2D eigenvalue weighted by Crippen LogP contribution is 2.29. The fraction of sp³-hybridized carbons (Fsp3) is 0.240. The van der Waals surface area contributed by atoms with E-state index in [0.717, 1.165) is 61.2 Å². The number of halogens is 2. The highest BCUT2D eigenvalue weighted by atomic mass is 35.5. The summed E-state index contributed by atoms with van der Waals surface area (Å²) >= 11 is 0. The first kappa shape index (κ1) is 22.9. The molecule has 1 aromatic carbocycles. The van der Waals surface area contributed by atoms with Gasteiger partial charge in [0.2, 0.25) is 0 Å². The average Bonchev–Trinajstić information content (AvgIpc) is 3.20. The predicted molar refractivity (Wildman–Crippen MR) is 130 cm³/mol. The van der Waals surface area contributed by atoms with Crippen molar-refractivity contribution in [3.63, 3.8) is 0 Å². The van der Waals surface area contributed by atoms with Crippen LogP contribution in [-0.4, -0.2) is 50.8 Å². The molecule has 170 valence electrons. The van der Waals surface area contributed by atoms with E-state index in [2.05, 4.69) is 37.9 Å². The van der Waals surface area contributed by atoms with Crippen LogP contribution in [0.2, 0.25) is 0 Å². The van der Waals surface area contributed by atoms with Crippen LogP contribution in [0.5, 0.6) is 0 Å². The van der Waals surface area contributed by atoms with Gasteiger partial charge in [-0.15, -0.1) is 12.4 Å². The molecule has 0 atom stereocenters. The van der Waals surface area contributed by atoms with Crippen LogP contribution in [0.15, 0.2) is 73.2 Å². The zero-order chi connectivity index (χ0) is 21.9. The summed E-state index contributed by atoms with van der Waals surface area (Å²) in [7, 11) is 0. The minimum Gasteiger partial charge on any atom is -0.354 e. The third-order valence-corrected chi connectivity index (χ3v) is 5.99. The Bertz CT molecular complexity index is 1190. The third-order valence-electron chi connectivity index (χ3n) is 5.99. The Morgan fingerprint density at radius 2 is 1.64 bits per heavy atom. The van der Waals surface area contributed by atoms with Crippen molar-refractivity contribution in [1.29, 1.82) is 0 Å². The second-order valence-corrected chi connectivity index (χ2v) is 8.00. The lowest BCUT2D eigenvalue weighted by Gasteiger charge is -2.36. The van der Waals surface area contributed by atoms with E-state index in [0.29, 0.717) is 0 Å². The van der Waals surface area contributed by atoms with Gasteiger partial charge in [-0.2, -0.15) is 5.10 Å². The Hall–Kier alpha value is -3.29. The normalized spacial score (nSPS) is 14.2. The van der Waals surface area contributed by atoms with Gasteiger partial charge >= 0.3 is 0 Å². The number of rotatable bonds is 5. The van der Waals surface area contributed by atoms with E-state index >= 15 is 0 Å². The van der Waals surface area contributed by atoms with Crippen molar-refractivity contribution in [2.45, 2.75) is 13.5 Å². The molecule has 0 bridgehead atoms. The largest absolute Gasteiger partial charge is 0.354 e. The molecule has 3 aromatic heterocycles. The Balaban J connectivity index is 0.00000259. The molecule has 1 fully saturated rings. The highest BCUT2D eigenvalue weighted by molar-refractivity contribution is 5.85. The molecular weight excluding hydrogens is 439 g/mol. The zero-order valence-electron chi connectivity index (χ0n) is 18.4. The van der Waals surface area contributed by atoms with Crippen molar-refractivity contribution in [3.8, 4) is 16.9 Å². The van der Waals surface area contributed by atoms with E-state index in [-0.39, 0.29) is 18.2 Å². The number of hydrogen-bond donors (Lipinski definition) is 0. The van der Waals surface area contributed by atoms with E-state index in [9.17, 15) is 4.39 Å². The van der Waals surface area contributed by atoms with Crippen molar-refractivity contribution < 1.29 is 4.39 Å². The molecule has 5 rings (SSSR count). The Morgan fingerprint density at radius 3 is 2.36 bits per heavy atom. The van der Waals surface area contributed by atoms with Gasteiger partial charge in [0.05, 0.1) is 6.20 Å². The topological polar surface area (TPSA) is 50.1 Å². The van der Waals surface area contributed by atoms with Gasteiger partial charge in [0, 0.05) is 61.9 Å². The summed E-state index contributed by atoms with van der Waals surface area (Å²) in [6.07, 6.45) is 5.55. The molecule has 8 heteroatoms. The molecule has 0 radical (unpaired) electrons. The molecule has 33 heavy (non-hydrogen) atoms. The molecule has 1 saturated heterocycles. The third kappa shape index (κ3) is 4.89. The highest BCUT2D eigenvalue weighted by Gasteiger charge is 2.22. The number of pyridine rings is 2. The van der Waals surface area contributed by atoms with Crippen LogP contribution in [0, 0.1) is 12.7 Å². The van der Waals surface area contributed by atoms with Gasteiger partial charge in [-0.25, -0.2) is 19.0 Å². The summed E-state index contributed by atoms with van der Waals surface area (Å²) in [6, 6.07) is 16.5. The molecule has 4 heterocycles. The van der Waals surface area contributed by atoms with Crippen molar-refractivity contribution in [2.24, 2.45) is 0 Å². The minimum absolute atomic E-state index is 0. The maximum atomic E-state index is 13.4. The second-order valence-electron chi connectivity index (χ2n) is 8.00. The van der Waals surface area contributed by atoms with E-state index in [1.54, 1.807) is 6.20 Å². The lowest BCUT2D eigenvalue weighted by molar-refractivity contribution is 0.249. The van der Waals surface area contributed by atoms with Gasteiger partial charge in [0.25, 0.3) is 0 Å². The number of hydrogen-bond acceptors (Lipinski definition) is 5. The fourth-order valence-corrected chi connectivity index (χ4v) is 4.17. The summed E-state index contributed by atoms with van der Waals surface area (Å²) in [4.78, 5) is 13.8. The first-order chi connectivity index (χ1) is 15.7. The van der Waals surface area contributed by atoms with E-state index in [1.165, 1.54) is 17.7 Å². The maximum absolute atomic E-state index is 13.4. The van der Waals surface area contributed by atoms with Gasteiger partial charge < -0.3 is 4.90 Å². The smallest absolute Gasteiger partial charge is 0.153 e. The summed E-state index contributed by atoms with van der Waals surface area (Å²) < 4.78 is 15.3. The van der Waals surface area contributed by atoms with Crippen LogP contribution in [0.25, 0.3) is 16.9 Å². The molecule has 1 aliphatic rings. The minimum atomic E-state index is -0.227. The van der Waals surface area contributed by atoms with Crippen molar-refractivity contribution >= 4 is 18.2 Å². The van der Waals surface area contributed by atoms with Crippen molar-refractivity contribution in [1.82, 2.24) is 24.6 Å². The van der Waals surface area contributed by atoms with E-state index in [1.807, 2.05) is 53.5 Å². The average molecular weight is 465 g/mol. The van der Waals surface area contributed by atoms with Crippen LogP contribution in [0.3, 0.4) is 0 Å². The molecule has 4 aromatic rings. The quantitative estimate of drug-likeness (QED) is 0.434. The van der Waals surface area contributed by atoms with Gasteiger partial charge in [-0.05, 0) is 48.9 Å². The summed E-state index contributed by atoms with van der Waals surface area (Å²) in [5.74, 6) is 1.57. The molecule has 1 aliphatic heterocycles. The number of nitrogens with zero attached hydrogens (tertiary/aromatic N) is 6. The number of aromatic nitrogens is 4. The lowest BCUT2D eigenvalue weighted by Crippen LogP contribution is -2.46. The summed E-state index contributed by atoms with van der Waals surface area (Å²) in [5.41, 5.74) is 4.35.